The quantitative estimate of drug-likeness (QED) is 0.599. The first-order valence-corrected chi connectivity index (χ1v) is 6.00. The maximum absolute atomic E-state index is 12.1. The van der Waals surface area contributed by atoms with Gasteiger partial charge >= 0.3 is 0 Å². The van der Waals surface area contributed by atoms with Crippen molar-refractivity contribution in [2.45, 2.75) is 6.54 Å². The third-order valence-corrected chi connectivity index (χ3v) is 2.70. The number of amidine groups is 1. The van der Waals surface area contributed by atoms with E-state index in [1.54, 1.807) is 25.4 Å². The van der Waals surface area contributed by atoms with Crippen LogP contribution in [0.5, 0.6) is 0 Å². The molecule has 7 heteroatoms. The van der Waals surface area contributed by atoms with E-state index in [2.05, 4.69) is 10.1 Å². The average molecular weight is 273 g/mol. The van der Waals surface area contributed by atoms with Crippen LogP contribution >= 0.6 is 0 Å². The molecule has 0 aliphatic rings. The minimum atomic E-state index is -0.408. The smallest absolute Gasteiger partial charge is 0.277 e. The zero-order valence-electron chi connectivity index (χ0n) is 11.0. The van der Waals surface area contributed by atoms with Crippen LogP contribution in [0, 0.1) is 5.41 Å². The van der Waals surface area contributed by atoms with Gasteiger partial charge in [0, 0.05) is 13.3 Å². The van der Waals surface area contributed by atoms with Crippen LogP contribution in [0.2, 0.25) is 0 Å². The van der Waals surface area contributed by atoms with E-state index in [0.29, 0.717) is 18.0 Å². The number of nitrogens with zero attached hydrogens (tertiary/aromatic N) is 3. The molecule has 2 aromatic rings. The van der Waals surface area contributed by atoms with Crippen molar-refractivity contribution in [3.8, 4) is 11.4 Å². The number of hydrogen-bond acceptors (Lipinski definition) is 5. The molecule has 0 amide bonds. The number of methoxy groups -OCH3 is 1. The fraction of sp³-hybridized carbons (Fsp3) is 0.231. The van der Waals surface area contributed by atoms with Gasteiger partial charge in [-0.1, -0.05) is 6.07 Å². The van der Waals surface area contributed by atoms with Gasteiger partial charge in [-0.15, -0.1) is 0 Å². The fourth-order valence-electron chi connectivity index (χ4n) is 1.70. The highest BCUT2D eigenvalue weighted by molar-refractivity contribution is 5.95. The number of hydrogen-bond donors (Lipinski definition) is 2. The lowest BCUT2D eigenvalue weighted by molar-refractivity contribution is 0.182. The van der Waals surface area contributed by atoms with Crippen molar-refractivity contribution >= 4 is 5.84 Å². The number of pyridine rings is 1. The summed E-state index contributed by atoms with van der Waals surface area (Å²) in [7, 11) is 1.54. The molecule has 104 valence electrons. The molecule has 20 heavy (non-hydrogen) atoms. The van der Waals surface area contributed by atoms with Gasteiger partial charge in [-0.05, 0) is 18.2 Å². The molecule has 2 rings (SSSR count). The summed E-state index contributed by atoms with van der Waals surface area (Å²) in [5, 5.41) is 11.7. The molecule has 0 aliphatic heterocycles. The third kappa shape index (κ3) is 2.89. The third-order valence-electron chi connectivity index (χ3n) is 2.70. The molecule has 0 saturated carbocycles. The number of nitrogens with one attached hydrogen (secondary N) is 1. The lowest BCUT2D eigenvalue weighted by atomic mass is 10.2. The van der Waals surface area contributed by atoms with E-state index >= 15 is 0 Å². The average Bonchev–Trinajstić information content (AvgIpc) is 2.46. The predicted octanol–water partition coefficient (Wildman–Crippen LogP) is 0.236. The minimum absolute atomic E-state index is 0.108. The summed E-state index contributed by atoms with van der Waals surface area (Å²) in [6.07, 6.45) is 1.63. The van der Waals surface area contributed by atoms with Crippen molar-refractivity contribution < 1.29 is 4.74 Å². The Balaban J connectivity index is 2.56. The first-order chi connectivity index (χ1) is 9.63. The second-order valence-electron chi connectivity index (χ2n) is 4.09. The van der Waals surface area contributed by atoms with Crippen LogP contribution in [-0.2, 0) is 11.3 Å². The zero-order valence-corrected chi connectivity index (χ0v) is 11.0. The maximum Gasteiger partial charge on any atom is 0.277 e. The van der Waals surface area contributed by atoms with Crippen LogP contribution in [0.4, 0.5) is 0 Å². The molecule has 2 aromatic heterocycles. The van der Waals surface area contributed by atoms with Gasteiger partial charge in [0.2, 0.25) is 0 Å². The van der Waals surface area contributed by atoms with Crippen molar-refractivity contribution in [2.24, 2.45) is 5.73 Å². The summed E-state index contributed by atoms with van der Waals surface area (Å²) in [6.45, 7) is 0.631. The number of nitrogens with two attached hydrogens (primary N) is 1. The fourth-order valence-corrected chi connectivity index (χ4v) is 1.70. The number of rotatable bonds is 5. The molecule has 3 N–H and O–H groups in total. The van der Waals surface area contributed by atoms with Crippen LogP contribution in [0.15, 0.2) is 35.3 Å². The Bertz CT molecular complexity index is 666. The van der Waals surface area contributed by atoms with Crippen molar-refractivity contribution in [1.29, 1.82) is 5.41 Å². The highest BCUT2D eigenvalue weighted by Gasteiger charge is 2.12. The predicted molar refractivity (Wildman–Crippen MR) is 74.6 cm³/mol. The topological polar surface area (TPSA) is 107 Å². The van der Waals surface area contributed by atoms with Crippen LogP contribution in [0.25, 0.3) is 11.4 Å². The zero-order chi connectivity index (χ0) is 14.5. The van der Waals surface area contributed by atoms with E-state index in [4.69, 9.17) is 15.9 Å². The molecule has 0 radical (unpaired) electrons. The Kier molecular flexibility index (Phi) is 4.21. The monoisotopic (exact) mass is 273 g/mol. The van der Waals surface area contributed by atoms with Gasteiger partial charge in [-0.2, -0.15) is 5.10 Å². The van der Waals surface area contributed by atoms with Crippen molar-refractivity contribution in [3.63, 3.8) is 0 Å². The van der Waals surface area contributed by atoms with Crippen molar-refractivity contribution in [2.75, 3.05) is 13.7 Å². The molecule has 7 nitrogen and oxygen atoms in total. The first-order valence-electron chi connectivity index (χ1n) is 6.00. The normalized spacial score (nSPS) is 10.4. The molecular weight excluding hydrogens is 258 g/mol. The molecule has 0 aromatic carbocycles. The van der Waals surface area contributed by atoms with Crippen molar-refractivity contribution in [3.05, 3.63) is 46.4 Å². The largest absolute Gasteiger partial charge is 0.384 e. The van der Waals surface area contributed by atoms with Crippen LogP contribution in [-0.4, -0.2) is 34.3 Å². The summed E-state index contributed by atoms with van der Waals surface area (Å²) in [4.78, 5) is 16.3. The molecule has 2 heterocycles. The summed E-state index contributed by atoms with van der Waals surface area (Å²) in [6, 6.07) is 6.87. The lowest BCUT2D eigenvalue weighted by Crippen LogP contribution is -2.32. The van der Waals surface area contributed by atoms with E-state index in [1.807, 2.05) is 6.07 Å². The van der Waals surface area contributed by atoms with Gasteiger partial charge in [0.25, 0.3) is 5.56 Å². The standard InChI is InChI=1S/C13H15N5O2/c1-20-7-6-18-13(19)9(12(14)15)8-11(17-18)10-4-2-3-5-16-10/h2-5,8H,6-7H2,1H3,(H3,14,15). The molecule has 0 fully saturated rings. The van der Waals surface area contributed by atoms with Crippen molar-refractivity contribution in [1.82, 2.24) is 14.8 Å². The van der Waals surface area contributed by atoms with E-state index in [9.17, 15) is 4.79 Å². The summed E-state index contributed by atoms with van der Waals surface area (Å²) in [5.74, 6) is -0.291. The van der Waals surface area contributed by atoms with E-state index < -0.39 is 5.56 Å². The van der Waals surface area contributed by atoms with Crippen LogP contribution in [0.1, 0.15) is 5.56 Å². The molecule has 0 saturated heterocycles. The Hall–Kier alpha value is -2.54. The lowest BCUT2D eigenvalue weighted by Gasteiger charge is -2.09. The summed E-state index contributed by atoms with van der Waals surface area (Å²) < 4.78 is 6.19. The van der Waals surface area contributed by atoms with Crippen LogP contribution in [0.3, 0.4) is 0 Å². The SMILES string of the molecule is COCCn1nc(-c2ccccn2)cc(C(=N)N)c1=O. The molecule has 0 unspecified atom stereocenters. The molecule has 0 aliphatic carbocycles. The Morgan fingerprint density at radius 3 is 2.85 bits per heavy atom. The van der Waals surface area contributed by atoms with E-state index in [1.165, 1.54) is 10.7 Å². The second kappa shape index (κ2) is 6.07. The van der Waals surface area contributed by atoms with Gasteiger partial charge in [0.15, 0.2) is 0 Å². The number of ether oxygens (including phenoxy) is 1. The van der Waals surface area contributed by atoms with E-state index in [-0.39, 0.29) is 17.9 Å². The highest BCUT2D eigenvalue weighted by atomic mass is 16.5. The Morgan fingerprint density at radius 2 is 2.25 bits per heavy atom. The molecule has 0 atom stereocenters. The Labute approximate surface area is 115 Å². The second-order valence-corrected chi connectivity index (χ2v) is 4.09. The molecule has 0 bridgehead atoms. The number of aromatic nitrogens is 3. The Morgan fingerprint density at radius 1 is 1.45 bits per heavy atom. The summed E-state index contributed by atoms with van der Waals surface area (Å²) >= 11 is 0. The molecular formula is C13H15N5O2. The van der Waals surface area contributed by atoms with Gasteiger partial charge in [0.1, 0.15) is 11.5 Å². The van der Waals surface area contributed by atoms with Gasteiger partial charge in [-0.3, -0.25) is 15.2 Å². The highest BCUT2D eigenvalue weighted by Crippen LogP contribution is 2.12. The van der Waals surface area contributed by atoms with Crippen LogP contribution < -0.4 is 11.3 Å². The van der Waals surface area contributed by atoms with Gasteiger partial charge < -0.3 is 10.5 Å². The minimum Gasteiger partial charge on any atom is -0.384 e. The maximum atomic E-state index is 12.1. The summed E-state index contributed by atoms with van der Waals surface area (Å²) in [5.41, 5.74) is 6.25. The van der Waals surface area contributed by atoms with Gasteiger partial charge in [-0.25, -0.2) is 4.68 Å². The molecule has 0 spiro atoms. The van der Waals surface area contributed by atoms with E-state index in [0.717, 1.165) is 0 Å². The number of nitrogen functional groups attached to an aromatic ring is 1. The van der Waals surface area contributed by atoms with Gasteiger partial charge in [0.05, 0.1) is 24.4 Å². The first kappa shape index (κ1) is 13.9.